The van der Waals surface area contributed by atoms with Crippen molar-refractivity contribution in [3.8, 4) is 0 Å². The minimum absolute atomic E-state index is 0.250. The van der Waals surface area contributed by atoms with Crippen molar-refractivity contribution in [1.29, 1.82) is 0 Å². The Hall–Kier alpha value is 0.210. The average molecular weight is 124 g/mol. The fraction of sp³-hybridized carbons (Fsp3) is 1.00. The highest BCUT2D eigenvalue weighted by atomic mass is 35.5. The van der Waals surface area contributed by atoms with E-state index in [0.717, 1.165) is 6.42 Å². The molecule has 0 aliphatic rings. The number of nitrogens with two attached hydrogens (primary N) is 1. The molecule has 2 N–H and O–H groups in total. The third kappa shape index (κ3) is 6.21. The number of rotatable bonds is 3. The molecule has 0 radical (unpaired) electrons. The zero-order chi connectivity index (χ0) is 5.70. The molecular formula is C4H10ClNO. The minimum Gasteiger partial charge on any atom is -0.385 e. The Morgan fingerprint density at radius 1 is 1.86 bits per heavy atom. The Morgan fingerprint density at radius 2 is 2.43 bits per heavy atom. The summed E-state index contributed by atoms with van der Waals surface area (Å²) < 4.78 is 4.69. The first kappa shape index (κ1) is 7.21. The van der Waals surface area contributed by atoms with Crippen LogP contribution < -0.4 is 5.73 Å². The monoisotopic (exact) mass is 123 g/mol. The maximum atomic E-state index is 5.35. The first-order valence-corrected chi connectivity index (χ1v) is 2.59. The van der Waals surface area contributed by atoms with Gasteiger partial charge in [0.2, 0.25) is 0 Å². The zero-order valence-electron chi connectivity index (χ0n) is 4.36. The van der Waals surface area contributed by atoms with Crippen LogP contribution in [0.2, 0.25) is 0 Å². The van der Waals surface area contributed by atoms with Crippen LogP contribution >= 0.6 is 11.6 Å². The van der Waals surface area contributed by atoms with Crippen molar-refractivity contribution in [2.75, 3.05) is 13.7 Å². The molecule has 1 unspecified atom stereocenters. The maximum Gasteiger partial charge on any atom is 0.0822 e. The number of methoxy groups -OCH3 is 1. The average Bonchev–Trinajstić information content (AvgIpc) is 1.61. The van der Waals surface area contributed by atoms with Crippen molar-refractivity contribution in [3.63, 3.8) is 0 Å². The van der Waals surface area contributed by atoms with Gasteiger partial charge < -0.3 is 10.5 Å². The molecule has 3 heteroatoms. The first-order valence-electron chi connectivity index (χ1n) is 2.16. The van der Waals surface area contributed by atoms with E-state index < -0.39 is 0 Å². The third-order valence-electron chi connectivity index (χ3n) is 0.598. The second-order valence-electron chi connectivity index (χ2n) is 1.30. The SMILES string of the molecule is COCCC(N)Cl. The molecule has 7 heavy (non-hydrogen) atoms. The van der Waals surface area contributed by atoms with Crippen molar-refractivity contribution >= 4 is 11.6 Å². The van der Waals surface area contributed by atoms with Crippen LogP contribution in [0, 0.1) is 0 Å². The lowest BCUT2D eigenvalue weighted by atomic mass is 10.5. The predicted molar refractivity (Wildman–Crippen MR) is 30.3 cm³/mol. The highest BCUT2D eigenvalue weighted by molar-refractivity contribution is 6.20. The summed E-state index contributed by atoms with van der Waals surface area (Å²) in [5, 5.41) is 0. The van der Waals surface area contributed by atoms with E-state index >= 15 is 0 Å². The van der Waals surface area contributed by atoms with Gasteiger partial charge in [0.15, 0.2) is 0 Å². The standard InChI is InChI=1S/C4H10ClNO/c1-7-3-2-4(5)6/h4H,2-3,6H2,1H3. The van der Waals surface area contributed by atoms with Gasteiger partial charge in [-0.1, -0.05) is 0 Å². The molecule has 0 amide bonds. The van der Waals surface area contributed by atoms with E-state index in [1.807, 2.05) is 0 Å². The van der Waals surface area contributed by atoms with Gasteiger partial charge in [0, 0.05) is 13.7 Å². The van der Waals surface area contributed by atoms with Crippen LogP contribution in [0.15, 0.2) is 0 Å². The summed E-state index contributed by atoms with van der Waals surface area (Å²) in [5.41, 5.74) is 4.91. The van der Waals surface area contributed by atoms with Gasteiger partial charge in [0.1, 0.15) is 0 Å². The van der Waals surface area contributed by atoms with E-state index in [4.69, 9.17) is 17.3 Å². The lowest BCUT2D eigenvalue weighted by Crippen LogP contribution is -2.13. The molecule has 0 saturated heterocycles. The normalized spacial score (nSPS) is 14.1. The van der Waals surface area contributed by atoms with Gasteiger partial charge >= 0.3 is 0 Å². The number of halogens is 1. The molecular weight excluding hydrogens is 114 g/mol. The van der Waals surface area contributed by atoms with Crippen LogP contribution in [0.3, 0.4) is 0 Å². The summed E-state index contributed by atoms with van der Waals surface area (Å²) >= 11 is 5.35. The maximum absolute atomic E-state index is 5.35. The van der Waals surface area contributed by atoms with Gasteiger partial charge in [-0.2, -0.15) is 0 Å². The summed E-state index contributed by atoms with van der Waals surface area (Å²) in [6, 6.07) is 0. The van der Waals surface area contributed by atoms with E-state index in [1.165, 1.54) is 0 Å². The molecule has 1 atom stereocenters. The van der Waals surface area contributed by atoms with Gasteiger partial charge in [0.05, 0.1) is 5.50 Å². The van der Waals surface area contributed by atoms with Gasteiger partial charge in [-0.3, -0.25) is 0 Å². The molecule has 0 aromatic rings. The van der Waals surface area contributed by atoms with Crippen LogP contribution in [-0.4, -0.2) is 19.2 Å². The summed E-state index contributed by atoms with van der Waals surface area (Å²) in [6.45, 7) is 0.644. The molecule has 0 saturated carbocycles. The van der Waals surface area contributed by atoms with Crippen molar-refractivity contribution in [3.05, 3.63) is 0 Å². The first-order chi connectivity index (χ1) is 3.27. The van der Waals surface area contributed by atoms with Crippen LogP contribution in [0.1, 0.15) is 6.42 Å². The van der Waals surface area contributed by atoms with Gasteiger partial charge in [-0.25, -0.2) is 0 Å². The molecule has 0 spiro atoms. The van der Waals surface area contributed by atoms with E-state index in [9.17, 15) is 0 Å². The molecule has 2 nitrogen and oxygen atoms in total. The lowest BCUT2D eigenvalue weighted by molar-refractivity contribution is 0.194. The van der Waals surface area contributed by atoms with Crippen LogP contribution in [-0.2, 0) is 4.74 Å². The molecule has 0 aromatic heterocycles. The zero-order valence-corrected chi connectivity index (χ0v) is 5.11. The predicted octanol–water partition coefficient (Wildman–Crippen LogP) is 0.547. The number of hydrogen-bond donors (Lipinski definition) is 1. The molecule has 0 bridgehead atoms. The highest BCUT2D eigenvalue weighted by Crippen LogP contribution is 1.91. The van der Waals surface area contributed by atoms with Crippen LogP contribution in [0.5, 0.6) is 0 Å². The quantitative estimate of drug-likeness (QED) is 0.439. The van der Waals surface area contributed by atoms with Crippen LogP contribution in [0.4, 0.5) is 0 Å². The second kappa shape index (κ2) is 4.37. The van der Waals surface area contributed by atoms with Crippen molar-refractivity contribution in [2.24, 2.45) is 5.73 Å². The number of hydrogen-bond acceptors (Lipinski definition) is 2. The summed E-state index contributed by atoms with van der Waals surface area (Å²) in [6.07, 6.45) is 0.720. The van der Waals surface area contributed by atoms with Gasteiger partial charge in [-0.05, 0) is 6.42 Å². The van der Waals surface area contributed by atoms with Gasteiger partial charge in [-0.15, -0.1) is 11.6 Å². The van der Waals surface area contributed by atoms with E-state index in [1.54, 1.807) is 7.11 Å². The fourth-order valence-corrected chi connectivity index (χ4v) is 0.320. The third-order valence-corrected chi connectivity index (χ3v) is 0.816. The molecule has 0 aromatic carbocycles. The summed E-state index contributed by atoms with van der Waals surface area (Å²) in [5.74, 6) is 0. The highest BCUT2D eigenvalue weighted by Gasteiger charge is 1.91. The number of ether oxygens (including phenoxy) is 1. The lowest BCUT2D eigenvalue weighted by Gasteiger charge is -1.98. The summed E-state index contributed by atoms with van der Waals surface area (Å²) in [4.78, 5) is 0. The van der Waals surface area contributed by atoms with E-state index in [0.29, 0.717) is 6.61 Å². The van der Waals surface area contributed by atoms with Crippen molar-refractivity contribution in [1.82, 2.24) is 0 Å². The molecule has 0 heterocycles. The molecule has 44 valence electrons. The Morgan fingerprint density at radius 3 is 2.57 bits per heavy atom. The van der Waals surface area contributed by atoms with E-state index in [-0.39, 0.29) is 5.50 Å². The summed E-state index contributed by atoms with van der Waals surface area (Å²) in [7, 11) is 1.62. The minimum atomic E-state index is -0.250. The van der Waals surface area contributed by atoms with Gasteiger partial charge in [0.25, 0.3) is 0 Å². The Bertz CT molecular complexity index is 40.7. The van der Waals surface area contributed by atoms with Crippen LogP contribution in [0.25, 0.3) is 0 Å². The molecule has 0 fully saturated rings. The molecule has 0 aliphatic carbocycles. The largest absolute Gasteiger partial charge is 0.385 e. The number of alkyl halides is 1. The Labute approximate surface area is 48.6 Å². The smallest absolute Gasteiger partial charge is 0.0822 e. The molecule has 0 rings (SSSR count). The topological polar surface area (TPSA) is 35.2 Å². The molecule has 0 aliphatic heterocycles. The van der Waals surface area contributed by atoms with Crippen molar-refractivity contribution < 1.29 is 4.74 Å². The van der Waals surface area contributed by atoms with E-state index in [2.05, 4.69) is 4.74 Å². The van der Waals surface area contributed by atoms with Crippen molar-refractivity contribution in [2.45, 2.75) is 11.9 Å². The second-order valence-corrected chi connectivity index (χ2v) is 1.86. The Balaban J connectivity index is 2.68. The Kier molecular flexibility index (Phi) is 4.50. The fourth-order valence-electron chi connectivity index (χ4n) is 0.230.